The Morgan fingerprint density at radius 3 is 2.72 bits per heavy atom. The van der Waals surface area contributed by atoms with Crippen molar-refractivity contribution in [2.75, 3.05) is 5.73 Å². The van der Waals surface area contributed by atoms with Crippen molar-refractivity contribution in [3.8, 4) is 0 Å². The van der Waals surface area contributed by atoms with E-state index in [0.29, 0.717) is 5.95 Å². The Bertz CT molecular complexity index is 613. The van der Waals surface area contributed by atoms with Crippen molar-refractivity contribution in [1.82, 2.24) is 9.55 Å². The number of nitrogen functional groups attached to an aromatic ring is 1. The number of imidazole rings is 1. The molecule has 2 aromatic rings. The molecule has 0 aliphatic heterocycles. The molecule has 0 unspecified atom stereocenters. The summed E-state index contributed by atoms with van der Waals surface area (Å²) < 4.78 is 1.88. The van der Waals surface area contributed by atoms with E-state index in [1.54, 1.807) is 0 Å². The van der Waals surface area contributed by atoms with Crippen LogP contribution in [0.5, 0.6) is 0 Å². The van der Waals surface area contributed by atoms with Crippen LogP contribution in [0.1, 0.15) is 25.8 Å². The molecule has 0 radical (unpaired) electrons. The molecule has 5 nitrogen and oxygen atoms in total. The lowest BCUT2D eigenvalue weighted by Gasteiger charge is -2.27. The van der Waals surface area contributed by atoms with Crippen LogP contribution in [-0.4, -0.2) is 15.5 Å². The van der Waals surface area contributed by atoms with E-state index in [0.717, 1.165) is 16.6 Å². The van der Waals surface area contributed by atoms with Crippen LogP contribution in [-0.2, 0) is 10.3 Å². The lowest BCUT2D eigenvalue weighted by atomic mass is 9.99. The molecule has 4 N–H and O–H groups in total. The molecule has 0 bridgehead atoms. The zero-order valence-corrected chi connectivity index (χ0v) is 10.9. The molecule has 0 aliphatic rings. The Balaban J connectivity index is 2.65. The molecule has 1 amide bonds. The van der Waals surface area contributed by atoms with Crippen molar-refractivity contribution in [3.63, 3.8) is 0 Å². The summed E-state index contributed by atoms with van der Waals surface area (Å²) in [5, 5.41) is 0. The van der Waals surface area contributed by atoms with Crippen molar-refractivity contribution in [2.45, 2.75) is 32.7 Å². The number of rotatable bonds is 3. The van der Waals surface area contributed by atoms with E-state index in [-0.39, 0.29) is 12.3 Å². The second-order valence-electron chi connectivity index (χ2n) is 5.25. The van der Waals surface area contributed by atoms with E-state index in [4.69, 9.17) is 11.5 Å². The van der Waals surface area contributed by atoms with Crippen molar-refractivity contribution in [3.05, 3.63) is 23.8 Å². The number of carbonyl (C=O) groups is 1. The number of fused-ring (bicyclic) bond motifs is 1. The van der Waals surface area contributed by atoms with Crippen molar-refractivity contribution in [1.29, 1.82) is 0 Å². The molecule has 0 atom stereocenters. The SMILES string of the molecule is Cc1ccc2nc(N)n(C(C)(C)CC(N)=O)c2c1. The standard InChI is InChI=1S/C13H18N4O/c1-8-4-5-9-10(6-8)17(12(15)16-9)13(2,3)7-11(14)18/h4-6H,7H2,1-3H3,(H2,14,18)(H2,15,16). The lowest BCUT2D eigenvalue weighted by molar-refractivity contribution is -0.119. The van der Waals surface area contributed by atoms with Gasteiger partial charge in [0.2, 0.25) is 11.9 Å². The highest BCUT2D eigenvalue weighted by atomic mass is 16.1. The molecule has 0 aliphatic carbocycles. The van der Waals surface area contributed by atoms with Gasteiger partial charge in [-0.3, -0.25) is 4.79 Å². The number of benzene rings is 1. The quantitative estimate of drug-likeness (QED) is 0.861. The first-order valence-corrected chi connectivity index (χ1v) is 5.84. The van der Waals surface area contributed by atoms with Gasteiger partial charge in [-0.15, -0.1) is 0 Å². The summed E-state index contributed by atoms with van der Waals surface area (Å²) in [6.07, 6.45) is 0.219. The maximum absolute atomic E-state index is 11.2. The Labute approximate surface area is 106 Å². The number of primary amides is 1. The second-order valence-corrected chi connectivity index (χ2v) is 5.25. The Morgan fingerprint density at radius 2 is 2.11 bits per heavy atom. The average molecular weight is 246 g/mol. The summed E-state index contributed by atoms with van der Waals surface area (Å²) >= 11 is 0. The molecule has 18 heavy (non-hydrogen) atoms. The highest BCUT2D eigenvalue weighted by molar-refractivity contribution is 5.80. The van der Waals surface area contributed by atoms with Gasteiger partial charge in [-0.05, 0) is 38.5 Å². The molecule has 0 spiro atoms. The van der Waals surface area contributed by atoms with Gasteiger partial charge in [-0.1, -0.05) is 6.07 Å². The molecule has 0 saturated heterocycles. The van der Waals surface area contributed by atoms with Gasteiger partial charge in [-0.25, -0.2) is 4.98 Å². The minimum Gasteiger partial charge on any atom is -0.370 e. The third kappa shape index (κ3) is 2.03. The molecule has 1 aromatic heterocycles. The summed E-state index contributed by atoms with van der Waals surface area (Å²) in [6.45, 7) is 5.86. The van der Waals surface area contributed by atoms with Gasteiger partial charge in [0.05, 0.1) is 16.6 Å². The molecule has 0 saturated carbocycles. The van der Waals surface area contributed by atoms with Gasteiger partial charge in [-0.2, -0.15) is 0 Å². The highest BCUT2D eigenvalue weighted by Gasteiger charge is 2.27. The van der Waals surface area contributed by atoms with E-state index in [2.05, 4.69) is 4.98 Å². The van der Waals surface area contributed by atoms with Crippen LogP contribution in [0.15, 0.2) is 18.2 Å². The maximum Gasteiger partial charge on any atom is 0.219 e. The fraction of sp³-hybridized carbons (Fsp3) is 0.385. The summed E-state index contributed by atoms with van der Waals surface area (Å²) in [4.78, 5) is 15.5. The molecule has 1 heterocycles. The molecule has 0 fully saturated rings. The van der Waals surface area contributed by atoms with Crippen LogP contribution in [0.2, 0.25) is 0 Å². The van der Waals surface area contributed by atoms with Crippen LogP contribution >= 0.6 is 0 Å². The van der Waals surface area contributed by atoms with Crippen LogP contribution in [0, 0.1) is 6.92 Å². The predicted octanol–water partition coefficient (Wildman–Crippen LogP) is 1.54. The zero-order chi connectivity index (χ0) is 13.5. The fourth-order valence-corrected chi connectivity index (χ4v) is 2.35. The smallest absolute Gasteiger partial charge is 0.219 e. The van der Waals surface area contributed by atoms with Crippen LogP contribution in [0.25, 0.3) is 11.0 Å². The number of hydrogen-bond acceptors (Lipinski definition) is 3. The highest BCUT2D eigenvalue weighted by Crippen LogP contribution is 2.29. The zero-order valence-electron chi connectivity index (χ0n) is 10.9. The normalized spacial score (nSPS) is 11.9. The number of anilines is 1. The van der Waals surface area contributed by atoms with E-state index >= 15 is 0 Å². The molecule has 96 valence electrons. The Kier molecular flexibility index (Phi) is 2.77. The van der Waals surface area contributed by atoms with Gasteiger partial charge in [0.15, 0.2) is 0 Å². The third-order valence-corrected chi connectivity index (χ3v) is 3.05. The maximum atomic E-state index is 11.2. The van der Waals surface area contributed by atoms with E-state index < -0.39 is 5.54 Å². The largest absolute Gasteiger partial charge is 0.370 e. The predicted molar refractivity (Wildman–Crippen MR) is 72.0 cm³/mol. The number of hydrogen-bond donors (Lipinski definition) is 2. The van der Waals surface area contributed by atoms with E-state index in [1.807, 2.05) is 43.5 Å². The number of amides is 1. The van der Waals surface area contributed by atoms with E-state index in [9.17, 15) is 4.79 Å². The number of nitrogens with two attached hydrogens (primary N) is 2. The van der Waals surface area contributed by atoms with E-state index in [1.165, 1.54) is 0 Å². The van der Waals surface area contributed by atoms with Crippen molar-refractivity contribution in [2.24, 2.45) is 5.73 Å². The summed E-state index contributed by atoms with van der Waals surface area (Å²) in [5.41, 5.74) is 13.7. The molecule has 5 heteroatoms. The summed E-state index contributed by atoms with van der Waals surface area (Å²) in [6, 6.07) is 5.93. The molecule has 1 aromatic carbocycles. The van der Waals surface area contributed by atoms with Crippen molar-refractivity contribution < 1.29 is 4.79 Å². The van der Waals surface area contributed by atoms with Crippen LogP contribution < -0.4 is 11.5 Å². The number of nitrogens with zero attached hydrogens (tertiary/aromatic N) is 2. The molecule has 2 rings (SSSR count). The Morgan fingerprint density at radius 1 is 1.44 bits per heavy atom. The first-order chi connectivity index (χ1) is 8.31. The summed E-state index contributed by atoms with van der Waals surface area (Å²) in [5.74, 6) is 0.0516. The average Bonchev–Trinajstić information content (AvgIpc) is 2.51. The fourth-order valence-electron chi connectivity index (χ4n) is 2.35. The Hall–Kier alpha value is -2.04. The van der Waals surface area contributed by atoms with Crippen LogP contribution in [0.4, 0.5) is 5.95 Å². The minimum atomic E-state index is -0.488. The van der Waals surface area contributed by atoms with Crippen LogP contribution in [0.3, 0.4) is 0 Å². The van der Waals surface area contributed by atoms with Gasteiger partial charge in [0, 0.05) is 6.42 Å². The van der Waals surface area contributed by atoms with Gasteiger partial charge in [0.1, 0.15) is 0 Å². The minimum absolute atomic E-state index is 0.219. The lowest BCUT2D eigenvalue weighted by Crippen LogP contribution is -2.33. The van der Waals surface area contributed by atoms with Gasteiger partial charge < -0.3 is 16.0 Å². The van der Waals surface area contributed by atoms with Crippen molar-refractivity contribution >= 4 is 22.9 Å². The van der Waals surface area contributed by atoms with Gasteiger partial charge in [0.25, 0.3) is 0 Å². The third-order valence-electron chi connectivity index (χ3n) is 3.05. The topological polar surface area (TPSA) is 86.9 Å². The van der Waals surface area contributed by atoms with Gasteiger partial charge >= 0.3 is 0 Å². The number of aromatic nitrogens is 2. The number of carbonyl (C=O) groups excluding carboxylic acids is 1. The first-order valence-electron chi connectivity index (χ1n) is 5.84. The molecular weight excluding hydrogens is 228 g/mol. The number of aryl methyl sites for hydroxylation is 1. The monoisotopic (exact) mass is 246 g/mol. The summed E-state index contributed by atoms with van der Waals surface area (Å²) in [7, 11) is 0. The first kappa shape index (κ1) is 12.4. The second kappa shape index (κ2) is 4.01. The molecular formula is C13H18N4O.